The van der Waals surface area contributed by atoms with Crippen LogP contribution in [0.5, 0.6) is 0 Å². The molecule has 0 saturated carbocycles. The van der Waals surface area contributed by atoms with Gasteiger partial charge in [0, 0.05) is 24.7 Å². The number of carbonyl (C=O) groups is 1. The van der Waals surface area contributed by atoms with Crippen molar-refractivity contribution in [2.45, 2.75) is 17.7 Å². The third-order valence-corrected chi connectivity index (χ3v) is 5.21. The molecule has 0 spiro atoms. The molecule has 0 bridgehead atoms. The van der Waals surface area contributed by atoms with E-state index in [1.807, 2.05) is 0 Å². The van der Waals surface area contributed by atoms with E-state index >= 15 is 0 Å². The molecule has 3 rings (SSSR count). The van der Waals surface area contributed by atoms with Crippen LogP contribution in [0.25, 0.3) is 6.08 Å². The lowest BCUT2D eigenvalue weighted by Crippen LogP contribution is -2.29. The lowest BCUT2D eigenvalue weighted by atomic mass is 10.2. The molecule has 1 heterocycles. The predicted octanol–water partition coefficient (Wildman–Crippen LogP) is 2.95. The number of halogens is 1. The number of hydrogen-bond donors (Lipinski definition) is 2. The van der Waals surface area contributed by atoms with Gasteiger partial charge in [0.1, 0.15) is 11.7 Å². The zero-order chi connectivity index (χ0) is 19.3. The largest absolute Gasteiger partial charge is 0.322 e. The Morgan fingerprint density at radius 3 is 2.63 bits per heavy atom. The fraction of sp³-hybridized carbons (Fsp3) is 0.158. The number of sulfonamides is 1. The minimum atomic E-state index is -3.75. The first-order valence-corrected chi connectivity index (χ1v) is 9.81. The molecule has 1 aliphatic heterocycles. The van der Waals surface area contributed by atoms with Crippen LogP contribution in [-0.2, 0) is 14.8 Å². The van der Waals surface area contributed by atoms with Gasteiger partial charge in [-0.15, -0.1) is 0 Å². The van der Waals surface area contributed by atoms with Crippen molar-refractivity contribution >= 4 is 33.5 Å². The molecular weight excluding hydrogens is 369 g/mol. The zero-order valence-corrected chi connectivity index (χ0v) is 15.2. The van der Waals surface area contributed by atoms with Crippen LogP contribution in [0.3, 0.4) is 0 Å². The molecule has 27 heavy (non-hydrogen) atoms. The SMILES string of the molecule is O=C(/C=C/c1ccc(F)cc1)Nc1cccc(S(=O)(=O)NC2=NCCC2)c1. The Bertz CT molecular complexity index is 999. The van der Waals surface area contributed by atoms with Crippen molar-refractivity contribution in [1.29, 1.82) is 0 Å². The third kappa shape index (κ3) is 5.24. The lowest BCUT2D eigenvalue weighted by molar-refractivity contribution is -0.111. The number of nitrogens with one attached hydrogen (secondary N) is 2. The fourth-order valence-corrected chi connectivity index (χ4v) is 3.64. The molecular formula is C19H18FN3O3S. The number of aliphatic imine (C=N–C) groups is 1. The van der Waals surface area contributed by atoms with Crippen LogP contribution in [0.4, 0.5) is 10.1 Å². The first-order chi connectivity index (χ1) is 12.9. The Kier molecular flexibility index (Phi) is 5.66. The van der Waals surface area contributed by atoms with Crippen LogP contribution in [0.15, 0.2) is 64.5 Å². The average molecular weight is 387 g/mol. The number of benzene rings is 2. The molecule has 0 aromatic heterocycles. The molecule has 0 aliphatic carbocycles. The molecule has 8 heteroatoms. The Morgan fingerprint density at radius 2 is 1.93 bits per heavy atom. The van der Waals surface area contributed by atoms with Gasteiger partial charge in [0.15, 0.2) is 0 Å². The Balaban J connectivity index is 1.68. The van der Waals surface area contributed by atoms with E-state index in [1.165, 1.54) is 36.4 Å². The first-order valence-electron chi connectivity index (χ1n) is 8.33. The average Bonchev–Trinajstić information content (AvgIpc) is 3.14. The van der Waals surface area contributed by atoms with Crippen molar-refractivity contribution in [2.75, 3.05) is 11.9 Å². The van der Waals surface area contributed by atoms with Crippen molar-refractivity contribution in [1.82, 2.24) is 4.72 Å². The first kappa shape index (κ1) is 18.8. The molecule has 0 radical (unpaired) electrons. The Morgan fingerprint density at radius 1 is 1.15 bits per heavy atom. The van der Waals surface area contributed by atoms with Crippen LogP contribution >= 0.6 is 0 Å². The van der Waals surface area contributed by atoms with E-state index in [9.17, 15) is 17.6 Å². The molecule has 1 amide bonds. The molecule has 2 aromatic rings. The summed E-state index contributed by atoms with van der Waals surface area (Å²) < 4.78 is 40.2. The summed E-state index contributed by atoms with van der Waals surface area (Å²) in [4.78, 5) is 16.2. The van der Waals surface area contributed by atoms with Crippen LogP contribution in [-0.4, -0.2) is 26.7 Å². The normalized spacial score (nSPS) is 14.2. The summed E-state index contributed by atoms with van der Waals surface area (Å²) in [5, 5.41) is 2.61. The number of hydrogen-bond acceptors (Lipinski definition) is 4. The van der Waals surface area contributed by atoms with E-state index in [-0.39, 0.29) is 10.7 Å². The van der Waals surface area contributed by atoms with Gasteiger partial charge in [0.2, 0.25) is 5.91 Å². The van der Waals surface area contributed by atoms with Gasteiger partial charge in [0.25, 0.3) is 10.0 Å². The summed E-state index contributed by atoms with van der Waals surface area (Å²) in [5.41, 5.74) is 1.02. The number of amides is 1. The summed E-state index contributed by atoms with van der Waals surface area (Å²) in [6.07, 6.45) is 4.26. The summed E-state index contributed by atoms with van der Waals surface area (Å²) in [5.74, 6) is -0.333. The Hall–Kier alpha value is -3.00. The third-order valence-electron chi connectivity index (χ3n) is 3.84. The van der Waals surface area contributed by atoms with Crippen LogP contribution in [0, 0.1) is 5.82 Å². The highest BCUT2D eigenvalue weighted by molar-refractivity contribution is 7.90. The monoisotopic (exact) mass is 387 g/mol. The smallest absolute Gasteiger partial charge is 0.262 e. The van der Waals surface area contributed by atoms with Crippen molar-refractivity contribution in [3.63, 3.8) is 0 Å². The maximum absolute atomic E-state index is 12.9. The van der Waals surface area contributed by atoms with E-state index in [1.54, 1.807) is 24.3 Å². The van der Waals surface area contributed by atoms with Gasteiger partial charge in [0.05, 0.1) is 4.90 Å². The minimum Gasteiger partial charge on any atom is -0.322 e. The topological polar surface area (TPSA) is 87.6 Å². The van der Waals surface area contributed by atoms with Crippen molar-refractivity contribution in [2.24, 2.45) is 4.99 Å². The standard InChI is InChI=1S/C19H18FN3O3S/c20-15-9-6-14(7-10-15)8-11-19(24)22-16-3-1-4-17(13-16)27(25,26)23-18-5-2-12-21-18/h1,3-4,6-11,13H,2,5,12H2,(H,21,23)(H,22,24)/b11-8+. The van der Waals surface area contributed by atoms with Crippen LogP contribution in [0.2, 0.25) is 0 Å². The summed E-state index contributed by atoms with van der Waals surface area (Å²) >= 11 is 0. The quantitative estimate of drug-likeness (QED) is 0.773. The molecule has 0 unspecified atom stereocenters. The highest BCUT2D eigenvalue weighted by Gasteiger charge is 2.18. The fourth-order valence-electron chi connectivity index (χ4n) is 2.51. The van der Waals surface area contributed by atoms with Gasteiger partial charge in [-0.05, 0) is 48.4 Å². The number of anilines is 1. The van der Waals surface area contributed by atoms with Crippen molar-refractivity contribution in [3.05, 3.63) is 66.0 Å². The minimum absolute atomic E-state index is 0.0393. The maximum atomic E-state index is 12.9. The van der Waals surface area contributed by atoms with Gasteiger partial charge >= 0.3 is 0 Å². The van der Waals surface area contributed by atoms with E-state index < -0.39 is 15.9 Å². The van der Waals surface area contributed by atoms with Crippen LogP contribution in [0.1, 0.15) is 18.4 Å². The lowest BCUT2D eigenvalue weighted by Gasteiger charge is -2.09. The molecule has 6 nitrogen and oxygen atoms in total. The number of rotatable bonds is 5. The number of amidine groups is 1. The van der Waals surface area contributed by atoms with Crippen molar-refractivity contribution < 1.29 is 17.6 Å². The van der Waals surface area contributed by atoms with Crippen LogP contribution < -0.4 is 10.0 Å². The van der Waals surface area contributed by atoms with E-state index in [4.69, 9.17) is 0 Å². The van der Waals surface area contributed by atoms with E-state index in [0.29, 0.717) is 30.1 Å². The molecule has 0 atom stereocenters. The second-order valence-corrected chi connectivity index (χ2v) is 7.62. The van der Waals surface area contributed by atoms with Crippen molar-refractivity contribution in [3.8, 4) is 0 Å². The second-order valence-electron chi connectivity index (χ2n) is 5.94. The maximum Gasteiger partial charge on any atom is 0.262 e. The molecule has 0 fully saturated rings. The van der Waals surface area contributed by atoms with Gasteiger partial charge in [-0.25, -0.2) is 12.8 Å². The number of carbonyl (C=O) groups excluding carboxylic acids is 1. The zero-order valence-electron chi connectivity index (χ0n) is 14.4. The summed E-state index contributed by atoms with van der Waals surface area (Å²) in [6.45, 7) is 0.619. The van der Waals surface area contributed by atoms with E-state index in [0.717, 1.165) is 6.42 Å². The highest BCUT2D eigenvalue weighted by atomic mass is 32.2. The van der Waals surface area contributed by atoms with E-state index in [2.05, 4.69) is 15.0 Å². The number of nitrogens with zero attached hydrogens (tertiary/aromatic N) is 1. The highest BCUT2D eigenvalue weighted by Crippen LogP contribution is 2.16. The predicted molar refractivity (Wildman–Crippen MR) is 102 cm³/mol. The molecule has 2 N–H and O–H groups in total. The Labute approximate surface area is 156 Å². The second kappa shape index (κ2) is 8.13. The molecule has 2 aromatic carbocycles. The summed E-state index contributed by atoms with van der Waals surface area (Å²) in [6, 6.07) is 11.7. The van der Waals surface area contributed by atoms with Gasteiger partial charge in [-0.2, -0.15) is 0 Å². The van der Waals surface area contributed by atoms with Gasteiger partial charge in [-0.3, -0.25) is 14.5 Å². The van der Waals surface area contributed by atoms with Gasteiger partial charge < -0.3 is 5.32 Å². The van der Waals surface area contributed by atoms with Gasteiger partial charge in [-0.1, -0.05) is 18.2 Å². The molecule has 1 aliphatic rings. The molecule has 0 saturated heterocycles. The summed E-state index contributed by atoms with van der Waals surface area (Å²) in [7, 11) is -3.75. The molecule has 140 valence electrons.